The van der Waals surface area contributed by atoms with Crippen LogP contribution in [0.3, 0.4) is 0 Å². The molecule has 24 heavy (non-hydrogen) atoms. The molecule has 3 aromatic carbocycles. The van der Waals surface area contributed by atoms with Crippen LogP contribution in [0.4, 0.5) is 15.8 Å². The number of phenolic OH excluding ortho intramolecular Hbond substituents is 2. The topological polar surface area (TPSA) is 60.8 Å². The van der Waals surface area contributed by atoms with Gasteiger partial charge in [-0.15, -0.1) is 0 Å². The molecule has 0 radical (unpaired) electrons. The summed E-state index contributed by atoms with van der Waals surface area (Å²) >= 11 is 0. The molecule has 0 heterocycles. The summed E-state index contributed by atoms with van der Waals surface area (Å²) in [5, 5.41) is 18.8. The Hall–Kier alpha value is -3.34. The molecule has 0 saturated carbocycles. The minimum absolute atomic E-state index is 0.0597. The van der Waals surface area contributed by atoms with Crippen LogP contribution in [-0.4, -0.2) is 16.1 Å². The van der Waals surface area contributed by atoms with E-state index >= 15 is 0 Å². The molecule has 0 aromatic heterocycles. The fourth-order valence-corrected chi connectivity index (χ4v) is 2.31. The second-order valence-corrected chi connectivity index (χ2v) is 5.18. The lowest BCUT2D eigenvalue weighted by Crippen LogP contribution is -2.25. The Kier molecular flexibility index (Phi) is 4.16. The van der Waals surface area contributed by atoms with E-state index in [1.165, 1.54) is 65.6 Å². The van der Waals surface area contributed by atoms with E-state index in [0.717, 1.165) is 0 Å². The van der Waals surface area contributed by atoms with Crippen LogP contribution < -0.4 is 4.90 Å². The van der Waals surface area contributed by atoms with Gasteiger partial charge in [-0.2, -0.15) is 0 Å². The van der Waals surface area contributed by atoms with Crippen LogP contribution in [0, 0.1) is 5.82 Å². The predicted molar refractivity (Wildman–Crippen MR) is 89.1 cm³/mol. The highest BCUT2D eigenvalue weighted by atomic mass is 19.1. The summed E-state index contributed by atoms with van der Waals surface area (Å²) in [6, 6.07) is 17.5. The summed E-state index contributed by atoms with van der Waals surface area (Å²) in [7, 11) is 0. The number of amides is 1. The number of rotatable bonds is 3. The zero-order chi connectivity index (χ0) is 17.1. The quantitative estimate of drug-likeness (QED) is 0.759. The molecular formula is C19H14FNO3. The van der Waals surface area contributed by atoms with Gasteiger partial charge in [-0.3, -0.25) is 9.69 Å². The molecule has 0 atom stereocenters. The number of nitrogens with zero attached hydrogens (tertiary/aromatic N) is 1. The molecule has 0 unspecified atom stereocenters. The van der Waals surface area contributed by atoms with E-state index in [-0.39, 0.29) is 17.4 Å². The van der Waals surface area contributed by atoms with Crippen molar-refractivity contribution in [2.45, 2.75) is 0 Å². The van der Waals surface area contributed by atoms with Crippen molar-refractivity contribution in [3.05, 3.63) is 84.2 Å². The largest absolute Gasteiger partial charge is 0.508 e. The van der Waals surface area contributed by atoms with Gasteiger partial charge in [0.05, 0.1) is 0 Å². The van der Waals surface area contributed by atoms with E-state index in [0.29, 0.717) is 16.9 Å². The lowest BCUT2D eigenvalue weighted by atomic mass is 10.1. The second-order valence-electron chi connectivity index (χ2n) is 5.18. The molecule has 1 amide bonds. The number of halogens is 1. The highest BCUT2D eigenvalue weighted by Crippen LogP contribution is 2.29. The minimum atomic E-state index is -0.401. The van der Waals surface area contributed by atoms with Gasteiger partial charge in [-0.1, -0.05) is 0 Å². The molecule has 0 bridgehead atoms. The zero-order valence-corrected chi connectivity index (χ0v) is 12.6. The normalized spacial score (nSPS) is 10.4. The van der Waals surface area contributed by atoms with E-state index in [1.807, 2.05) is 0 Å². The maximum Gasteiger partial charge on any atom is 0.262 e. The van der Waals surface area contributed by atoms with E-state index in [2.05, 4.69) is 0 Å². The first kappa shape index (κ1) is 15.6. The van der Waals surface area contributed by atoms with E-state index in [9.17, 15) is 19.4 Å². The Morgan fingerprint density at radius 2 is 1.12 bits per heavy atom. The molecule has 2 N–H and O–H groups in total. The van der Waals surface area contributed by atoms with Gasteiger partial charge in [0.2, 0.25) is 0 Å². The van der Waals surface area contributed by atoms with E-state index in [4.69, 9.17) is 0 Å². The van der Waals surface area contributed by atoms with Crippen LogP contribution >= 0.6 is 0 Å². The molecule has 0 aliphatic heterocycles. The lowest BCUT2D eigenvalue weighted by molar-refractivity contribution is 0.0999. The van der Waals surface area contributed by atoms with Crippen molar-refractivity contribution >= 4 is 17.3 Å². The number of anilines is 2. The Morgan fingerprint density at radius 3 is 1.62 bits per heavy atom. The van der Waals surface area contributed by atoms with Crippen molar-refractivity contribution in [1.29, 1.82) is 0 Å². The Labute approximate surface area is 138 Å². The Bertz CT molecular complexity index is 798. The van der Waals surface area contributed by atoms with E-state index in [1.54, 1.807) is 12.1 Å². The van der Waals surface area contributed by atoms with E-state index < -0.39 is 5.82 Å². The number of aromatic hydroxyl groups is 2. The van der Waals surface area contributed by atoms with Gasteiger partial charge < -0.3 is 10.2 Å². The molecule has 3 rings (SSSR count). The monoisotopic (exact) mass is 323 g/mol. The number of hydrogen-bond acceptors (Lipinski definition) is 3. The zero-order valence-electron chi connectivity index (χ0n) is 12.6. The molecule has 5 heteroatoms. The third kappa shape index (κ3) is 3.20. The Balaban J connectivity index is 2.07. The average Bonchev–Trinajstić information content (AvgIpc) is 2.59. The lowest BCUT2D eigenvalue weighted by Gasteiger charge is -2.23. The van der Waals surface area contributed by atoms with Crippen molar-refractivity contribution in [3.63, 3.8) is 0 Å². The third-order valence-electron chi connectivity index (χ3n) is 3.51. The fourth-order valence-electron chi connectivity index (χ4n) is 2.31. The number of benzene rings is 3. The number of hydrogen-bond donors (Lipinski definition) is 2. The molecule has 0 aliphatic carbocycles. The van der Waals surface area contributed by atoms with Crippen molar-refractivity contribution in [1.82, 2.24) is 0 Å². The maximum absolute atomic E-state index is 13.2. The summed E-state index contributed by atoms with van der Waals surface area (Å²) in [6.45, 7) is 0. The summed E-state index contributed by atoms with van der Waals surface area (Å²) in [4.78, 5) is 14.3. The van der Waals surface area contributed by atoms with Gasteiger partial charge in [0, 0.05) is 16.9 Å². The highest BCUT2D eigenvalue weighted by Gasteiger charge is 2.20. The molecule has 120 valence electrons. The first-order valence-electron chi connectivity index (χ1n) is 7.23. The van der Waals surface area contributed by atoms with Crippen LogP contribution in [0.25, 0.3) is 0 Å². The summed E-state index contributed by atoms with van der Waals surface area (Å²) in [6.07, 6.45) is 0. The highest BCUT2D eigenvalue weighted by molar-refractivity contribution is 6.10. The fraction of sp³-hybridized carbons (Fsp3) is 0. The minimum Gasteiger partial charge on any atom is -0.508 e. The molecule has 0 aliphatic rings. The van der Waals surface area contributed by atoms with Gasteiger partial charge in [-0.25, -0.2) is 4.39 Å². The number of carbonyl (C=O) groups excluding carboxylic acids is 1. The predicted octanol–water partition coefficient (Wildman–Crippen LogP) is 4.22. The second kappa shape index (κ2) is 6.42. The van der Waals surface area contributed by atoms with Gasteiger partial charge in [0.25, 0.3) is 5.91 Å². The van der Waals surface area contributed by atoms with Gasteiger partial charge in [-0.05, 0) is 72.8 Å². The van der Waals surface area contributed by atoms with Gasteiger partial charge >= 0.3 is 0 Å². The number of carbonyl (C=O) groups is 1. The smallest absolute Gasteiger partial charge is 0.262 e. The van der Waals surface area contributed by atoms with Crippen molar-refractivity contribution < 1.29 is 19.4 Å². The number of phenols is 2. The van der Waals surface area contributed by atoms with Gasteiger partial charge in [0.1, 0.15) is 17.3 Å². The summed E-state index contributed by atoms with van der Waals surface area (Å²) < 4.78 is 13.2. The molecule has 0 saturated heterocycles. The molecule has 0 fully saturated rings. The maximum atomic E-state index is 13.2. The molecule has 0 spiro atoms. The van der Waals surface area contributed by atoms with Crippen molar-refractivity contribution in [2.24, 2.45) is 0 Å². The average molecular weight is 323 g/mol. The first-order valence-corrected chi connectivity index (χ1v) is 7.23. The SMILES string of the molecule is O=C(c1ccc(O)cc1)N(c1ccc(O)cc1)c1ccc(F)cc1. The van der Waals surface area contributed by atoms with Crippen LogP contribution in [0.2, 0.25) is 0 Å². The molecular weight excluding hydrogens is 309 g/mol. The van der Waals surface area contributed by atoms with Gasteiger partial charge in [0.15, 0.2) is 0 Å². The molecule has 3 aromatic rings. The van der Waals surface area contributed by atoms with Crippen molar-refractivity contribution in [2.75, 3.05) is 4.90 Å². The van der Waals surface area contributed by atoms with Crippen LogP contribution in [0.1, 0.15) is 10.4 Å². The Morgan fingerprint density at radius 1 is 0.708 bits per heavy atom. The van der Waals surface area contributed by atoms with Crippen LogP contribution in [0.15, 0.2) is 72.8 Å². The standard InChI is InChI=1S/C19H14FNO3/c20-14-3-5-15(6-4-14)21(16-7-11-18(23)12-8-16)19(24)13-1-9-17(22)10-2-13/h1-12,22-23H. The van der Waals surface area contributed by atoms with Crippen molar-refractivity contribution in [3.8, 4) is 11.5 Å². The molecule has 4 nitrogen and oxygen atoms in total. The van der Waals surface area contributed by atoms with Crippen LogP contribution in [0.5, 0.6) is 11.5 Å². The van der Waals surface area contributed by atoms with Crippen LogP contribution in [-0.2, 0) is 0 Å². The summed E-state index contributed by atoms with van der Waals surface area (Å²) in [5.74, 6) is -0.604. The first-order chi connectivity index (χ1) is 11.5. The summed E-state index contributed by atoms with van der Waals surface area (Å²) in [5.41, 5.74) is 1.38. The third-order valence-corrected chi connectivity index (χ3v) is 3.51.